The van der Waals surface area contributed by atoms with E-state index in [1.165, 1.54) is 0 Å². The van der Waals surface area contributed by atoms with Gasteiger partial charge in [0, 0.05) is 18.1 Å². The lowest BCUT2D eigenvalue weighted by Crippen LogP contribution is -2.30. The molecule has 1 N–H and O–H groups in total. The highest BCUT2D eigenvalue weighted by atomic mass is 35.5. The number of benzene rings is 2. The molecule has 0 unspecified atom stereocenters. The quantitative estimate of drug-likeness (QED) is 0.686. The molecule has 1 fully saturated rings. The molecule has 7 heteroatoms. The van der Waals surface area contributed by atoms with E-state index < -0.39 is 6.04 Å². The number of aromatic nitrogens is 2. The summed E-state index contributed by atoms with van der Waals surface area (Å²) in [6.45, 7) is 1.83. The minimum Gasteiger partial charge on any atom is -0.405 e. The van der Waals surface area contributed by atoms with Crippen LogP contribution in [0.5, 0.6) is 0 Å². The van der Waals surface area contributed by atoms with Crippen LogP contribution in [0.4, 0.5) is 6.01 Å². The molecule has 2 aromatic carbocycles. The van der Waals surface area contributed by atoms with Crippen LogP contribution in [0.25, 0.3) is 0 Å². The van der Waals surface area contributed by atoms with E-state index in [1.807, 2.05) is 42.5 Å². The molecule has 1 aromatic heterocycles. The molecular formula is C21H21ClN4O2. The Balaban J connectivity index is 1.54. The molecule has 0 radical (unpaired) electrons. The first kappa shape index (κ1) is 18.5. The highest BCUT2D eigenvalue weighted by Crippen LogP contribution is 2.25. The van der Waals surface area contributed by atoms with Crippen LogP contribution in [-0.4, -0.2) is 29.2 Å². The van der Waals surface area contributed by atoms with Crippen molar-refractivity contribution >= 4 is 23.5 Å². The maximum absolute atomic E-state index is 12.7. The van der Waals surface area contributed by atoms with Gasteiger partial charge < -0.3 is 14.6 Å². The second kappa shape index (κ2) is 8.44. The summed E-state index contributed by atoms with van der Waals surface area (Å²) in [5.74, 6) is 0.259. The van der Waals surface area contributed by atoms with Gasteiger partial charge in [0.25, 0.3) is 0 Å². The summed E-state index contributed by atoms with van der Waals surface area (Å²) in [6, 6.07) is 16.9. The molecule has 0 spiro atoms. The molecule has 28 heavy (non-hydrogen) atoms. The molecule has 4 rings (SSSR count). The van der Waals surface area contributed by atoms with Crippen molar-refractivity contribution in [1.82, 2.24) is 15.5 Å². The molecule has 1 amide bonds. The monoisotopic (exact) mass is 396 g/mol. The van der Waals surface area contributed by atoms with Gasteiger partial charge in [0.15, 0.2) is 0 Å². The first-order valence-corrected chi connectivity index (χ1v) is 9.74. The fourth-order valence-corrected chi connectivity index (χ4v) is 3.44. The number of amides is 1. The Kier molecular flexibility index (Phi) is 5.58. The van der Waals surface area contributed by atoms with E-state index in [-0.39, 0.29) is 12.3 Å². The van der Waals surface area contributed by atoms with Gasteiger partial charge >= 0.3 is 6.01 Å². The summed E-state index contributed by atoms with van der Waals surface area (Å²) < 4.78 is 5.92. The number of carbonyl (C=O) groups is 1. The molecule has 0 saturated carbocycles. The molecule has 0 aliphatic carbocycles. The number of nitrogens with one attached hydrogen (secondary N) is 1. The Labute approximate surface area is 168 Å². The van der Waals surface area contributed by atoms with Gasteiger partial charge in [-0.25, -0.2) is 0 Å². The molecule has 144 valence electrons. The summed E-state index contributed by atoms with van der Waals surface area (Å²) in [7, 11) is 0. The SMILES string of the molecule is O=C(Cc1ccc(Cl)cc1)N[C@H](c1ccccc1)c1nnc(N2CCCC2)o1. The molecule has 2 heterocycles. The minimum absolute atomic E-state index is 0.128. The van der Waals surface area contributed by atoms with Gasteiger partial charge in [-0.3, -0.25) is 4.79 Å². The van der Waals surface area contributed by atoms with Crippen LogP contribution < -0.4 is 10.2 Å². The van der Waals surface area contributed by atoms with Crippen LogP contribution in [0.15, 0.2) is 59.0 Å². The van der Waals surface area contributed by atoms with Crippen LogP contribution in [0.1, 0.15) is 35.9 Å². The summed E-state index contributed by atoms with van der Waals surface area (Å²) >= 11 is 5.92. The van der Waals surface area contributed by atoms with Crippen molar-refractivity contribution in [3.8, 4) is 0 Å². The van der Waals surface area contributed by atoms with E-state index in [1.54, 1.807) is 12.1 Å². The Bertz CT molecular complexity index is 921. The van der Waals surface area contributed by atoms with Gasteiger partial charge in [-0.05, 0) is 36.1 Å². The number of carbonyl (C=O) groups excluding carboxylic acids is 1. The Morgan fingerprint density at radius 2 is 1.79 bits per heavy atom. The van der Waals surface area contributed by atoms with Crippen molar-refractivity contribution in [3.05, 3.63) is 76.6 Å². The normalized spacial score (nSPS) is 14.8. The van der Waals surface area contributed by atoms with E-state index in [0.29, 0.717) is 16.9 Å². The van der Waals surface area contributed by atoms with E-state index in [0.717, 1.165) is 37.1 Å². The van der Waals surface area contributed by atoms with Crippen LogP contribution in [0, 0.1) is 0 Å². The van der Waals surface area contributed by atoms with E-state index in [9.17, 15) is 4.79 Å². The second-order valence-corrected chi connectivity index (χ2v) is 7.27. The van der Waals surface area contributed by atoms with Gasteiger partial charge in [0.05, 0.1) is 6.42 Å². The van der Waals surface area contributed by atoms with Crippen molar-refractivity contribution in [2.24, 2.45) is 0 Å². The maximum atomic E-state index is 12.7. The highest BCUT2D eigenvalue weighted by molar-refractivity contribution is 6.30. The number of hydrogen-bond donors (Lipinski definition) is 1. The molecular weight excluding hydrogens is 376 g/mol. The number of anilines is 1. The summed E-state index contributed by atoms with van der Waals surface area (Å²) in [5, 5.41) is 12.1. The van der Waals surface area contributed by atoms with Crippen molar-refractivity contribution < 1.29 is 9.21 Å². The van der Waals surface area contributed by atoms with Crippen LogP contribution >= 0.6 is 11.6 Å². The molecule has 3 aromatic rings. The molecule has 1 atom stereocenters. The van der Waals surface area contributed by atoms with Gasteiger partial charge in [0.2, 0.25) is 11.8 Å². The zero-order valence-electron chi connectivity index (χ0n) is 15.3. The van der Waals surface area contributed by atoms with Gasteiger partial charge in [0.1, 0.15) is 6.04 Å². The lowest BCUT2D eigenvalue weighted by Gasteiger charge is -2.16. The Hall–Kier alpha value is -2.86. The van der Waals surface area contributed by atoms with Gasteiger partial charge in [-0.15, -0.1) is 5.10 Å². The number of nitrogens with zero attached hydrogens (tertiary/aromatic N) is 3. The fourth-order valence-electron chi connectivity index (χ4n) is 3.31. The van der Waals surface area contributed by atoms with E-state index in [4.69, 9.17) is 16.0 Å². The van der Waals surface area contributed by atoms with Crippen molar-refractivity contribution in [3.63, 3.8) is 0 Å². The minimum atomic E-state index is -0.496. The zero-order chi connectivity index (χ0) is 19.3. The van der Waals surface area contributed by atoms with E-state index in [2.05, 4.69) is 20.4 Å². The Morgan fingerprint density at radius 1 is 1.07 bits per heavy atom. The van der Waals surface area contributed by atoms with Crippen molar-refractivity contribution in [1.29, 1.82) is 0 Å². The summed E-state index contributed by atoms with van der Waals surface area (Å²) in [4.78, 5) is 14.8. The third kappa shape index (κ3) is 4.34. The topological polar surface area (TPSA) is 71.3 Å². The largest absolute Gasteiger partial charge is 0.405 e. The first-order valence-electron chi connectivity index (χ1n) is 9.36. The lowest BCUT2D eigenvalue weighted by molar-refractivity contribution is -0.121. The lowest BCUT2D eigenvalue weighted by atomic mass is 10.1. The third-order valence-electron chi connectivity index (χ3n) is 4.77. The molecule has 1 aliphatic rings. The number of halogens is 1. The maximum Gasteiger partial charge on any atom is 0.318 e. The zero-order valence-corrected chi connectivity index (χ0v) is 16.1. The summed E-state index contributed by atoms with van der Waals surface area (Å²) in [5.41, 5.74) is 1.78. The Morgan fingerprint density at radius 3 is 2.50 bits per heavy atom. The van der Waals surface area contributed by atoms with Crippen LogP contribution in [-0.2, 0) is 11.2 Å². The average Bonchev–Trinajstić information content (AvgIpc) is 3.40. The van der Waals surface area contributed by atoms with Crippen LogP contribution in [0.3, 0.4) is 0 Å². The predicted octanol–water partition coefficient (Wildman–Crippen LogP) is 3.77. The van der Waals surface area contributed by atoms with E-state index >= 15 is 0 Å². The highest BCUT2D eigenvalue weighted by Gasteiger charge is 2.25. The standard InChI is InChI=1S/C21H21ClN4O2/c22-17-10-8-15(9-11-17)14-18(27)23-19(16-6-2-1-3-7-16)20-24-25-21(28-20)26-12-4-5-13-26/h1-3,6-11,19H,4-5,12-14H2,(H,23,27)/t19-/m1/s1. The predicted molar refractivity (Wildman–Crippen MR) is 107 cm³/mol. The molecule has 0 bridgehead atoms. The van der Waals surface area contributed by atoms with Gasteiger partial charge in [-0.2, -0.15) is 0 Å². The summed E-state index contributed by atoms with van der Waals surface area (Å²) in [6.07, 6.45) is 2.49. The van der Waals surface area contributed by atoms with Crippen molar-refractivity contribution in [2.45, 2.75) is 25.3 Å². The fraction of sp³-hybridized carbons (Fsp3) is 0.286. The van der Waals surface area contributed by atoms with Crippen LogP contribution in [0.2, 0.25) is 5.02 Å². The molecule has 1 saturated heterocycles. The average molecular weight is 397 g/mol. The second-order valence-electron chi connectivity index (χ2n) is 6.83. The number of hydrogen-bond acceptors (Lipinski definition) is 5. The number of rotatable bonds is 6. The molecule has 1 aliphatic heterocycles. The third-order valence-corrected chi connectivity index (χ3v) is 5.02. The first-order chi connectivity index (χ1) is 13.7. The van der Waals surface area contributed by atoms with Gasteiger partial charge in [-0.1, -0.05) is 59.2 Å². The van der Waals surface area contributed by atoms with Crippen molar-refractivity contribution in [2.75, 3.05) is 18.0 Å². The smallest absolute Gasteiger partial charge is 0.318 e. The molecule has 6 nitrogen and oxygen atoms in total.